The summed E-state index contributed by atoms with van der Waals surface area (Å²) < 4.78 is 0. The predicted octanol–water partition coefficient (Wildman–Crippen LogP) is 12.8. The van der Waals surface area contributed by atoms with Gasteiger partial charge in [0.2, 0.25) is 0 Å². The van der Waals surface area contributed by atoms with Crippen LogP contribution in [0, 0.1) is 45.6 Å². The second kappa shape index (κ2) is 18.0. The largest absolute Gasteiger partial charge is 2.00 e. The van der Waals surface area contributed by atoms with E-state index in [1.54, 1.807) is 0 Å². The molecule has 0 saturated carbocycles. The summed E-state index contributed by atoms with van der Waals surface area (Å²) in [6, 6.07) is 44.5. The quantitative estimate of drug-likeness (QED) is 0.129. The minimum Gasteiger partial charge on any atom is -0.657 e. The fourth-order valence-electron chi connectivity index (χ4n) is 7.65. The van der Waals surface area contributed by atoms with Crippen molar-refractivity contribution in [1.82, 2.24) is 19.9 Å². The van der Waals surface area contributed by atoms with E-state index in [9.17, 15) is 10.5 Å². The van der Waals surface area contributed by atoms with Gasteiger partial charge in [-0.05, 0) is 117 Å². The summed E-state index contributed by atoms with van der Waals surface area (Å²) >= 11 is 0. The molecule has 5 heterocycles. The molecule has 0 fully saturated rings. The Balaban J connectivity index is 0.00000576. The van der Waals surface area contributed by atoms with Crippen molar-refractivity contribution >= 4 is 62.5 Å². The number of hydrogen-bond acceptors (Lipinski definition) is 4. The molecule has 2 aliphatic rings. The summed E-state index contributed by atoms with van der Waals surface area (Å²) in [5, 5.41) is 19.4. The van der Waals surface area contributed by atoms with Gasteiger partial charge in [0.25, 0.3) is 0 Å². The maximum atomic E-state index is 9.70. The van der Waals surface area contributed by atoms with Crippen molar-refractivity contribution in [3.63, 3.8) is 0 Å². The number of nitriles is 2. The molecule has 4 aromatic carbocycles. The third kappa shape index (κ3) is 9.61. The van der Waals surface area contributed by atoms with E-state index in [-0.39, 0.29) is 19.5 Å². The molecule has 9 rings (SSSR count). The Morgan fingerprint density at radius 3 is 0.846 bits per heavy atom. The fourth-order valence-corrected chi connectivity index (χ4v) is 8.69. The van der Waals surface area contributed by atoms with Gasteiger partial charge in [-0.15, -0.1) is 33.2 Å². The van der Waals surface area contributed by atoms with Crippen LogP contribution < -0.4 is 9.97 Å². The van der Waals surface area contributed by atoms with Gasteiger partial charge in [0.15, 0.2) is 0 Å². The zero-order valence-corrected chi connectivity index (χ0v) is 42.2. The summed E-state index contributed by atoms with van der Waals surface area (Å²) in [4.78, 5) is 21.5. The molecule has 0 amide bonds. The number of fused-ring (bicyclic) bond motifs is 8. The smallest absolute Gasteiger partial charge is 0.657 e. The van der Waals surface area contributed by atoms with Crippen molar-refractivity contribution in [2.75, 3.05) is 0 Å². The van der Waals surface area contributed by atoms with Gasteiger partial charge in [0, 0.05) is 11.1 Å². The molecule has 3 aromatic heterocycles. The molecule has 0 radical (unpaired) electrons. The first-order valence-corrected chi connectivity index (χ1v) is 28.2. The van der Waals surface area contributed by atoms with Crippen molar-refractivity contribution in [2.45, 2.75) is 39.3 Å². The molecular formula is C56H42N6Si2Zn. The minimum atomic E-state index is -1.58. The molecule has 9 heteroatoms. The van der Waals surface area contributed by atoms with E-state index in [1.807, 2.05) is 97.1 Å². The zero-order valence-electron chi connectivity index (χ0n) is 37.2. The molecule has 6 nitrogen and oxygen atoms in total. The molecule has 65 heavy (non-hydrogen) atoms. The SMILES string of the molecule is C[Si](C)(C)C#Cc1ccc(-c2c3nc(c(-c4ccc(C#N)cc4)c4ccc([n-]4)c(-c4ccc(C#C[Si](C)(C)C)cc4)c4nc(c(-c5ccc(C#N)cc5)c5ccc2[n-]5)C=C4)C=C3)cc1.[Zn+2]. The van der Waals surface area contributed by atoms with E-state index in [0.29, 0.717) is 11.1 Å². The topological polar surface area (TPSA) is 102 Å². The Morgan fingerprint density at radius 1 is 0.369 bits per heavy atom. The maximum absolute atomic E-state index is 9.70. The first-order valence-electron chi connectivity index (χ1n) is 21.2. The van der Waals surface area contributed by atoms with Gasteiger partial charge < -0.3 is 9.97 Å². The monoisotopic (exact) mass is 918 g/mol. The summed E-state index contributed by atoms with van der Waals surface area (Å²) in [5.41, 5.74) is 23.1. The molecule has 0 unspecified atom stereocenters. The van der Waals surface area contributed by atoms with Crippen LogP contribution in [0.3, 0.4) is 0 Å². The van der Waals surface area contributed by atoms with Crippen LogP contribution in [0.1, 0.15) is 45.0 Å². The Kier molecular flexibility index (Phi) is 12.3. The minimum absolute atomic E-state index is 0. The summed E-state index contributed by atoms with van der Waals surface area (Å²) in [5.74, 6) is 6.78. The van der Waals surface area contributed by atoms with Crippen molar-refractivity contribution in [3.05, 3.63) is 166 Å². The van der Waals surface area contributed by atoms with Crippen LogP contribution >= 0.6 is 0 Å². The number of aromatic nitrogens is 4. The van der Waals surface area contributed by atoms with Gasteiger partial charge >= 0.3 is 19.5 Å². The number of hydrogen-bond donors (Lipinski definition) is 0. The third-order valence-electron chi connectivity index (χ3n) is 10.7. The van der Waals surface area contributed by atoms with Crippen LogP contribution in [0.5, 0.6) is 0 Å². The molecular weight excluding hydrogens is 878 g/mol. The number of benzene rings is 4. The van der Waals surface area contributed by atoms with Gasteiger partial charge in [-0.1, -0.05) is 124 Å². The van der Waals surface area contributed by atoms with Gasteiger partial charge in [0.05, 0.1) is 46.0 Å². The second-order valence-electron chi connectivity index (χ2n) is 17.9. The van der Waals surface area contributed by atoms with E-state index in [2.05, 4.69) is 123 Å². The van der Waals surface area contributed by atoms with E-state index in [0.717, 1.165) is 100 Å². The second-order valence-corrected chi connectivity index (χ2v) is 27.4. The molecule has 2 aliphatic heterocycles. The van der Waals surface area contributed by atoms with Crippen LogP contribution in [0.2, 0.25) is 39.3 Å². The average Bonchev–Trinajstić information content (AvgIpc) is 4.14. The molecule has 0 saturated heterocycles. The fraction of sp³-hybridized carbons (Fsp3) is 0.107. The van der Waals surface area contributed by atoms with Crippen molar-refractivity contribution < 1.29 is 19.5 Å². The molecule has 0 atom stereocenters. The van der Waals surface area contributed by atoms with Crippen LogP contribution in [0.15, 0.2) is 121 Å². The van der Waals surface area contributed by atoms with Gasteiger partial charge in [-0.2, -0.15) is 10.5 Å². The summed E-state index contributed by atoms with van der Waals surface area (Å²) in [6.45, 7) is 13.5. The Labute approximate surface area is 395 Å². The maximum Gasteiger partial charge on any atom is 2.00 e. The Bertz CT molecular complexity index is 3220. The summed E-state index contributed by atoms with van der Waals surface area (Å²) in [6.07, 6.45) is 8.17. The number of rotatable bonds is 4. The number of nitrogens with zero attached hydrogens (tertiary/aromatic N) is 6. The average molecular weight is 921 g/mol. The van der Waals surface area contributed by atoms with Crippen LogP contribution in [-0.2, 0) is 19.5 Å². The molecule has 306 valence electrons. The van der Waals surface area contributed by atoms with Crippen molar-refractivity contribution in [3.8, 4) is 79.6 Å². The standard InChI is InChI=1S/C56H42N6Si2.Zn/c1-63(2,3)33-31-37-7-15-41(16-8-37)53-45-23-27-49(59-45)55(43-19-11-39(35-57)12-20-43)51-29-25-47(61-51)54(42-17-9-38(10-18-42)32-34-64(4,5)6)48-26-30-52(62-48)56(50-28-24-46(53)60-50)44-21-13-40(36-58)14-22-44;/h7-30H,1-6H3;/q-2;+2. The van der Waals surface area contributed by atoms with E-state index in [1.165, 1.54) is 0 Å². The van der Waals surface area contributed by atoms with Crippen molar-refractivity contribution in [2.24, 2.45) is 0 Å². The molecule has 0 spiro atoms. The van der Waals surface area contributed by atoms with Gasteiger partial charge in [-0.25, -0.2) is 9.97 Å². The third-order valence-corrected chi connectivity index (χ3v) is 12.5. The Hall–Kier alpha value is -7.36. The van der Waals surface area contributed by atoms with E-state index >= 15 is 0 Å². The van der Waals surface area contributed by atoms with Crippen molar-refractivity contribution in [1.29, 1.82) is 10.5 Å². The predicted molar refractivity (Wildman–Crippen MR) is 268 cm³/mol. The van der Waals surface area contributed by atoms with Gasteiger partial charge in [-0.3, -0.25) is 0 Å². The Morgan fingerprint density at radius 2 is 0.615 bits per heavy atom. The van der Waals surface area contributed by atoms with E-state index < -0.39 is 16.1 Å². The summed E-state index contributed by atoms with van der Waals surface area (Å²) in [7, 11) is -3.16. The molecule has 8 bridgehead atoms. The normalized spacial score (nSPS) is 11.6. The van der Waals surface area contributed by atoms with Crippen LogP contribution in [0.25, 0.3) is 90.9 Å². The first-order chi connectivity index (χ1) is 30.8. The van der Waals surface area contributed by atoms with E-state index in [4.69, 9.17) is 19.9 Å². The molecule has 0 aliphatic carbocycles. The molecule has 7 aromatic rings. The van der Waals surface area contributed by atoms with Crippen LogP contribution in [0.4, 0.5) is 0 Å². The zero-order chi connectivity index (χ0) is 44.6. The van der Waals surface area contributed by atoms with Crippen LogP contribution in [-0.4, -0.2) is 26.1 Å². The molecule has 0 N–H and O–H groups in total. The first kappa shape index (κ1) is 44.3. The van der Waals surface area contributed by atoms with Gasteiger partial charge in [0.1, 0.15) is 16.1 Å².